The van der Waals surface area contributed by atoms with E-state index in [2.05, 4.69) is 0 Å². The Morgan fingerprint density at radius 1 is 1.12 bits per heavy atom. The zero-order valence-corrected chi connectivity index (χ0v) is 9.31. The summed E-state index contributed by atoms with van der Waals surface area (Å²) in [4.78, 5) is 12.3. The Morgan fingerprint density at radius 2 is 1.88 bits per heavy atom. The van der Waals surface area contributed by atoms with Gasteiger partial charge in [-0.05, 0) is 12.1 Å². The molecule has 0 unspecified atom stereocenters. The van der Waals surface area contributed by atoms with Gasteiger partial charge in [0, 0.05) is 18.5 Å². The van der Waals surface area contributed by atoms with Crippen LogP contribution < -0.4 is 0 Å². The maximum absolute atomic E-state index is 12.3. The minimum absolute atomic E-state index is 0.0338. The number of rotatable bonds is 2. The van der Waals surface area contributed by atoms with E-state index >= 15 is 0 Å². The van der Waals surface area contributed by atoms with E-state index in [0.29, 0.717) is 17.0 Å². The molecule has 1 N–H and O–H groups in total. The highest BCUT2D eigenvalue weighted by molar-refractivity contribution is 6.10. The number of carbonyl (C=O) groups is 1. The van der Waals surface area contributed by atoms with Gasteiger partial charge >= 0.3 is 0 Å². The average molecular weight is 224 g/mol. The fourth-order valence-corrected chi connectivity index (χ4v) is 2.26. The second kappa shape index (κ2) is 3.70. The van der Waals surface area contributed by atoms with Crippen molar-refractivity contribution in [3.8, 4) is 0 Å². The van der Waals surface area contributed by atoms with Gasteiger partial charge in [-0.1, -0.05) is 30.3 Å². The summed E-state index contributed by atoms with van der Waals surface area (Å²) in [5.74, 6) is 0.0338. The molecule has 0 fully saturated rings. The van der Waals surface area contributed by atoms with Crippen molar-refractivity contribution in [3.63, 3.8) is 0 Å². The highest BCUT2D eigenvalue weighted by atomic mass is 16.1. The molecule has 17 heavy (non-hydrogen) atoms. The number of fused-ring (bicyclic) bond motifs is 1. The average Bonchev–Trinajstić information content (AvgIpc) is 2.93. The number of hydrogen-bond donors (Lipinski definition) is 1. The number of nitrogens with zero attached hydrogens (tertiary/aromatic N) is 1. The monoisotopic (exact) mass is 224 g/mol. The number of nitrogens with one attached hydrogen (secondary N) is 1. The van der Waals surface area contributed by atoms with Crippen LogP contribution in [0.2, 0.25) is 0 Å². The predicted molar refractivity (Wildman–Crippen MR) is 65.8 cm³/mol. The molecule has 1 aliphatic rings. The second-order valence-electron chi connectivity index (χ2n) is 4.18. The molecule has 0 saturated heterocycles. The first-order valence-corrected chi connectivity index (χ1v) is 5.64. The molecule has 0 radical (unpaired) electrons. The Balaban J connectivity index is 2.04. The molecule has 1 aromatic carbocycles. The molecule has 0 spiro atoms. The van der Waals surface area contributed by atoms with Crippen LogP contribution in [0.5, 0.6) is 0 Å². The number of benzene rings is 1. The summed E-state index contributed by atoms with van der Waals surface area (Å²) >= 11 is 0. The van der Waals surface area contributed by atoms with Crippen LogP contribution in [0.25, 0.3) is 0 Å². The van der Waals surface area contributed by atoms with Crippen molar-refractivity contribution in [2.45, 2.75) is 13.0 Å². The zero-order chi connectivity index (χ0) is 11.8. The number of carbonyl (C=O) groups excluding carboxylic acids is 1. The van der Waals surface area contributed by atoms with E-state index in [1.165, 1.54) is 0 Å². The summed E-state index contributed by atoms with van der Waals surface area (Å²) in [6, 6.07) is 13.0. The topological polar surface area (TPSA) is 45.9 Å². The minimum atomic E-state index is 0.0338. The van der Waals surface area contributed by atoms with Crippen LogP contribution in [0.15, 0.2) is 42.5 Å². The Kier molecular flexibility index (Phi) is 2.18. The van der Waals surface area contributed by atoms with Crippen molar-refractivity contribution >= 4 is 11.5 Å². The Labute approximate surface area is 99.2 Å². The van der Waals surface area contributed by atoms with Crippen LogP contribution in [-0.4, -0.2) is 16.1 Å². The maximum atomic E-state index is 12.3. The Hall–Kier alpha value is -2.16. The number of ketones is 1. The summed E-state index contributed by atoms with van der Waals surface area (Å²) < 4.78 is 1.94. The van der Waals surface area contributed by atoms with Gasteiger partial charge in [0.25, 0.3) is 0 Å². The van der Waals surface area contributed by atoms with Crippen LogP contribution in [0, 0.1) is 5.41 Å². The third-order valence-corrected chi connectivity index (χ3v) is 3.14. The summed E-state index contributed by atoms with van der Waals surface area (Å²) in [6.07, 6.45) is 0.727. The maximum Gasteiger partial charge on any atom is 0.209 e. The summed E-state index contributed by atoms with van der Waals surface area (Å²) in [5.41, 5.74) is 2.89. The van der Waals surface area contributed by atoms with Crippen molar-refractivity contribution in [1.29, 1.82) is 5.41 Å². The first kappa shape index (κ1) is 10.0. The molecule has 3 rings (SSSR count). The summed E-state index contributed by atoms with van der Waals surface area (Å²) in [5, 5.41) is 7.76. The van der Waals surface area contributed by atoms with Crippen molar-refractivity contribution in [1.82, 2.24) is 4.57 Å². The quantitative estimate of drug-likeness (QED) is 0.783. The standard InChI is InChI=1S/C14H12N2O/c15-11-8-9-16-12(11)6-7-13(16)14(17)10-4-2-1-3-5-10/h1-7,15H,8-9H2. The van der Waals surface area contributed by atoms with Gasteiger partial charge in [-0.2, -0.15) is 0 Å². The van der Waals surface area contributed by atoms with Gasteiger partial charge in [0.1, 0.15) is 0 Å². The highest BCUT2D eigenvalue weighted by Crippen LogP contribution is 2.21. The fourth-order valence-electron chi connectivity index (χ4n) is 2.26. The van der Waals surface area contributed by atoms with Gasteiger partial charge in [-0.15, -0.1) is 0 Å². The van der Waals surface area contributed by atoms with E-state index < -0.39 is 0 Å². The molecule has 0 bridgehead atoms. The molecule has 2 heterocycles. The fraction of sp³-hybridized carbons (Fsp3) is 0.143. The molecular weight excluding hydrogens is 212 g/mol. The van der Waals surface area contributed by atoms with Gasteiger partial charge in [-0.3, -0.25) is 4.79 Å². The van der Waals surface area contributed by atoms with Gasteiger partial charge < -0.3 is 9.98 Å². The summed E-state index contributed by atoms with van der Waals surface area (Å²) in [6.45, 7) is 0.745. The lowest BCUT2D eigenvalue weighted by Crippen LogP contribution is -2.08. The van der Waals surface area contributed by atoms with Gasteiger partial charge in [0.05, 0.1) is 17.1 Å². The normalized spacial score (nSPS) is 13.8. The van der Waals surface area contributed by atoms with Crippen LogP contribution in [0.1, 0.15) is 28.2 Å². The lowest BCUT2D eigenvalue weighted by atomic mass is 10.1. The Morgan fingerprint density at radius 3 is 2.65 bits per heavy atom. The highest BCUT2D eigenvalue weighted by Gasteiger charge is 2.22. The molecule has 3 heteroatoms. The molecule has 1 aromatic heterocycles. The third kappa shape index (κ3) is 1.51. The van der Waals surface area contributed by atoms with E-state index in [-0.39, 0.29) is 5.78 Å². The van der Waals surface area contributed by atoms with Gasteiger partial charge in [0.15, 0.2) is 0 Å². The van der Waals surface area contributed by atoms with Crippen molar-refractivity contribution in [2.24, 2.45) is 0 Å². The zero-order valence-electron chi connectivity index (χ0n) is 9.31. The molecule has 2 aromatic rings. The van der Waals surface area contributed by atoms with E-state index in [1.807, 2.05) is 47.0 Å². The lowest BCUT2D eigenvalue weighted by Gasteiger charge is -2.04. The van der Waals surface area contributed by atoms with Gasteiger partial charge in [0.2, 0.25) is 5.78 Å². The minimum Gasteiger partial charge on any atom is -0.336 e. The largest absolute Gasteiger partial charge is 0.336 e. The molecule has 1 aliphatic heterocycles. The lowest BCUT2D eigenvalue weighted by molar-refractivity contribution is 0.103. The van der Waals surface area contributed by atoms with Crippen molar-refractivity contribution in [3.05, 3.63) is 59.4 Å². The van der Waals surface area contributed by atoms with E-state index in [9.17, 15) is 4.79 Å². The van der Waals surface area contributed by atoms with E-state index in [1.54, 1.807) is 0 Å². The van der Waals surface area contributed by atoms with Gasteiger partial charge in [-0.25, -0.2) is 0 Å². The first-order chi connectivity index (χ1) is 8.27. The van der Waals surface area contributed by atoms with Crippen molar-refractivity contribution < 1.29 is 4.79 Å². The number of aromatic nitrogens is 1. The van der Waals surface area contributed by atoms with E-state index in [0.717, 1.165) is 18.7 Å². The molecule has 0 amide bonds. The molecule has 3 nitrogen and oxygen atoms in total. The van der Waals surface area contributed by atoms with Crippen molar-refractivity contribution in [2.75, 3.05) is 0 Å². The van der Waals surface area contributed by atoms with E-state index in [4.69, 9.17) is 5.41 Å². The smallest absolute Gasteiger partial charge is 0.209 e. The first-order valence-electron chi connectivity index (χ1n) is 5.64. The molecule has 0 atom stereocenters. The molecule has 0 saturated carbocycles. The Bertz CT molecular complexity index is 596. The van der Waals surface area contributed by atoms with Crippen LogP contribution in [-0.2, 0) is 6.54 Å². The van der Waals surface area contributed by atoms with Crippen LogP contribution in [0.4, 0.5) is 0 Å². The van der Waals surface area contributed by atoms with Crippen LogP contribution in [0.3, 0.4) is 0 Å². The predicted octanol–water partition coefficient (Wildman–Crippen LogP) is 2.49. The SMILES string of the molecule is N=C1CCn2c1ccc2C(=O)c1ccccc1. The molecule has 0 aliphatic carbocycles. The third-order valence-electron chi connectivity index (χ3n) is 3.14. The van der Waals surface area contributed by atoms with Crippen LogP contribution >= 0.6 is 0 Å². The number of hydrogen-bond acceptors (Lipinski definition) is 2. The molecular formula is C14H12N2O. The summed E-state index contributed by atoms with van der Waals surface area (Å²) in [7, 11) is 0. The molecule has 84 valence electrons. The second-order valence-corrected chi connectivity index (χ2v) is 4.18.